The van der Waals surface area contributed by atoms with Crippen molar-refractivity contribution in [3.05, 3.63) is 24.3 Å². The van der Waals surface area contributed by atoms with Gasteiger partial charge in [-0.1, -0.05) is 6.07 Å². The Balaban J connectivity index is 2.75. The van der Waals surface area contributed by atoms with Gasteiger partial charge in [-0.15, -0.1) is 0 Å². The number of amides is 2. The lowest BCUT2D eigenvalue weighted by atomic mass is 10.2. The van der Waals surface area contributed by atoms with Gasteiger partial charge >= 0.3 is 11.8 Å². The number of hydrogen-bond acceptors (Lipinski definition) is 5. The zero-order valence-corrected chi connectivity index (χ0v) is 12.2. The molecule has 0 fully saturated rings. The zero-order chi connectivity index (χ0) is 15.8. The maximum absolute atomic E-state index is 11.9. The number of benzene rings is 1. The summed E-state index contributed by atoms with van der Waals surface area (Å²) in [4.78, 5) is 26.8. The van der Waals surface area contributed by atoms with Gasteiger partial charge < -0.3 is 25.3 Å². The Kier molecular flexibility index (Phi) is 6.64. The van der Waals surface area contributed by atoms with Crippen molar-refractivity contribution in [3.63, 3.8) is 0 Å². The van der Waals surface area contributed by atoms with Crippen LogP contribution in [0.2, 0.25) is 0 Å². The van der Waals surface area contributed by atoms with E-state index in [2.05, 4.69) is 5.32 Å². The molecule has 0 aliphatic heterocycles. The fourth-order valence-corrected chi connectivity index (χ4v) is 1.75. The van der Waals surface area contributed by atoms with Crippen molar-refractivity contribution in [2.75, 3.05) is 50.6 Å². The van der Waals surface area contributed by atoms with Crippen LogP contribution in [0.15, 0.2) is 24.3 Å². The van der Waals surface area contributed by atoms with Crippen LogP contribution in [0.4, 0.5) is 11.4 Å². The highest BCUT2D eigenvalue weighted by atomic mass is 16.3. The second kappa shape index (κ2) is 8.23. The van der Waals surface area contributed by atoms with Crippen LogP contribution in [0.1, 0.15) is 0 Å². The van der Waals surface area contributed by atoms with Gasteiger partial charge in [0.1, 0.15) is 0 Å². The van der Waals surface area contributed by atoms with Gasteiger partial charge in [0.05, 0.1) is 13.2 Å². The van der Waals surface area contributed by atoms with E-state index >= 15 is 0 Å². The van der Waals surface area contributed by atoms with Gasteiger partial charge in [0.25, 0.3) is 0 Å². The summed E-state index contributed by atoms with van der Waals surface area (Å²) >= 11 is 0. The third-order valence-corrected chi connectivity index (χ3v) is 2.84. The lowest BCUT2D eigenvalue weighted by Crippen LogP contribution is -2.42. The Morgan fingerprint density at radius 1 is 1.14 bits per heavy atom. The van der Waals surface area contributed by atoms with E-state index in [9.17, 15) is 9.59 Å². The molecule has 3 N–H and O–H groups in total. The molecule has 0 heterocycles. The number of aliphatic hydroxyl groups is 2. The molecule has 21 heavy (non-hydrogen) atoms. The molecular formula is C14H21N3O4. The molecular weight excluding hydrogens is 274 g/mol. The Morgan fingerprint density at radius 3 is 2.29 bits per heavy atom. The van der Waals surface area contributed by atoms with Crippen LogP contribution in [-0.2, 0) is 9.59 Å². The summed E-state index contributed by atoms with van der Waals surface area (Å²) in [6.45, 7) is -0.528. The quantitative estimate of drug-likeness (QED) is 0.616. The van der Waals surface area contributed by atoms with E-state index in [0.717, 1.165) is 10.6 Å². The van der Waals surface area contributed by atoms with Crippen LogP contribution in [0.5, 0.6) is 0 Å². The molecule has 1 aromatic carbocycles. The molecule has 7 heteroatoms. The first-order valence-corrected chi connectivity index (χ1v) is 6.59. The Labute approximate surface area is 123 Å². The highest BCUT2D eigenvalue weighted by Crippen LogP contribution is 2.17. The van der Waals surface area contributed by atoms with E-state index in [-0.39, 0.29) is 26.3 Å². The van der Waals surface area contributed by atoms with Gasteiger partial charge in [-0.3, -0.25) is 9.59 Å². The van der Waals surface area contributed by atoms with E-state index in [1.807, 2.05) is 25.1 Å². The summed E-state index contributed by atoms with van der Waals surface area (Å²) in [5.41, 5.74) is 1.40. The lowest BCUT2D eigenvalue weighted by molar-refractivity contribution is -0.143. The van der Waals surface area contributed by atoms with Gasteiger partial charge in [0.2, 0.25) is 0 Å². The first-order chi connectivity index (χ1) is 9.99. The SMILES string of the molecule is CN(C)c1cccc(NC(=O)C(=O)N(CCO)CCO)c1. The highest BCUT2D eigenvalue weighted by molar-refractivity contribution is 6.39. The minimum Gasteiger partial charge on any atom is -0.395 e. The molecule has 7 nitrogen and oxygen atoms in total. The van der Waals surface area contributed by atoms with Crippen molar-refractivity contribution in [2.45, 2.75) is 0 Å². The second-order valence-corrected chi connectivity index (χ2v) is 4.64. The summed E-state index contributed by atoms with van der Waals surface area (Å²) in [7, 11) is 3.74. The van der Waals surface area contributed by atoms with E-state index in [1.54, 1.807) is 18.2 Å². The molecule has 0 saturated heterocycles. The standard InChI is InChI=1S/C14H21N3O4/c1-16(2)12-5-3-4-11(10-12)15-13(20)14(21)17(6-8-18)7-9-19/h3-5,10,18-19H,6-9H2,1-2H3,(H,15,20). The van der Waals surface area contributed by atoms with Crippen LogP contribution in [0, 0.1) is 0 Å². The lowest BCUT2D eigenvalue weighted by Gasteiger charge is -2.20. The molecule has 0 spiro atoms. The number of carbonyl (C=O) groups excluding carboxylic acids is 2. The van der Waals surface area contributed by atoms with E-state index in [4.69, 9.17) is 10.2 Å². The van der Waals surface area contributed by atoms with Crippen LogP contribution in [0.25, 0.3) is 0 Å². The van der Waals surface area contributed by atoms with Crippen molar-refractivity contribution in [2.24, 2.45) is 0 Å². The van der Waals surface area contributed by atoms with Crippen molar-refractivity contribution >= 4 is 23.2 Å². The number of carbonyl (C=O) groups is 2. The maximum Gasteiger partial charge on any atom is 0.313 e. The fraction of sp³-hybridized carbons (Fsp3) is 0.429. The topological polar surface area (TPSA) is 93.1 Å². The van der Waals surface area contributed by atoms with Crippen LogP contribution < -0.4 is 10.2 Å². The summed E-state index contributed by atoms with van der Waals surface area (Å²) in [6, 6.07) is 7.07. The highest BCUT2D eigenvalue weighted by Gasteiger charge is 2.21. The molecule has 0 saturated carbocycles. The molecule has 0 radical (unpaired) electrons. The molecule has 116 valence electrons. The number of rotatable bonds is 6. The first kappa shape index (κ1) is 16.9. The van der Waals surface area contributed by atoms with Crippen molar-refractivity contribution in [1.29, 1.82) is 0 Å². The third kappa shape index (κ3) is 5.05. The Morgan fingerprint density at radius 2 is 1.76 bits per heavy atom. The average Bonchev–Trinajstić information content (AvgIpc) is 2.46. The Bertz CT molecular complexity index is 485. The summed E-state index contributed by atoms with van der Waals surface area (Å²) < 4.78 is 0. The van der Waals surface area contributed by atoms with Crippen LogP contribution >= 0.6 is 0 Å². The number of nitrogens with one attached hydrogen (secondary N) is 1. The third-order valence-electron chi connectivity index (χ3n) is 2.84. The van der Waals surface area contributed by atoms with Crippen molar-refractivity contribution in [1.82, 2.24) is 4.90 Å². The molecule has 0 aliphatic carbocycles. The monoisotopic (exact) mass is 295 g/mol. The van der Waals surface area contributed by atoms with E-state index in [0.29, 0.717) is 5.69 Å². The first-order valence-electron chi connectivity index (χ1n) is 6.59. The summed E-state index contributed by atoms with van der Waals surface area (Å²) in [5, 5.41) is 20.3. The van der Waals surface area contributed by atoms with Gasteiger partial charge in [0.15, 0.2) is 0 Å². The van der Waals surface area contributed by atoms with Crippen molar-refractivity contribution < 1.29 is 19.8 Å². The summed E-state index contributed by atoms with van der Waals surface area (Å²) in [5.74, 6) is -1.58. The molecule has 2 amide bonds. The van der Waals surface area contributed by atoms with Crippen LogP contribution in [-0.4, -0.2) is 67.3 Å². The minimum absolute atomic E-state index is 0.00451. The van der Waals surface area contributed by atoms with E-state index in [1.165, 1.54) is 0 Å². The van der Waals surface area contributed by atoms with Gasteiger partial charge in [0, 0.05) is 38.6 Å². The zero-order valence-electron chi connectivity index (χ0n) is 12.2. The number of aliphatic hydroxyl groups excluding tert-OH is 2. The minimum atomic E-state index is -0.798. The number of nitrogens with zero attached hydrogens (tertiary/aromatic N) is 2. The van der Waals surface area contributed by atoms with Gasteiger partial charge in [-0.25, -0.2) is 0 Å². The van der Waals surface area contributed by atoms with Crippen LogP contribution in [0.3, 0.4) is 0 Å². The predicted octanol–water partition coefficient (Wildman–Crippen LogP) is -0.496. The van der Waals surface area contributed by atoms with E-state index < -0.39 is 11.8 Å². The molecule has 0 aromatic heterocycles. The van der Waals surface area contributed by atoms with Crippen molar-refractivity contribution in [3.8, 4) is 0 Å². The smallest absolute Gasteiger partial charge is 0.313 e. The number of anilines is 2. The number of hydrogen-bond donors (Lipinski definition) is 3. The van der Waals surface area contributed by atoms with Gasteiger partial charge in [-0.2, -0.15) is 0 Å². The fourth-order valence-electron chi connectivity index (χ4n) is 1.75. The second-order valence-electron chi connectivity index (χ2n) is 4.64. The molecule has 0 bridgehead atoms. The largest absolute Gasteiger partial charge is 0.395 e. The predicted molar refractivity (Wildman–Crippen MR) is 80.2 cm³/mol. The van der Waals surface area contributed by atoms with Gasteiger partial charge in [-0.05, 0) is 18.2 Å². The molecule has 1 aromatic rings. The maximum atomic E-state index is 11.9. The average molecular weight is 295 g/mol. The molecule has 0 aliphatic rings. The normalized spacial score (nSPS) is 10.1. The molecule has 0 unspecified atom stereocenters. The summed E-state index contributed by atoms with van der Waals surface area (Å²) in [6.07, 6.45) is 0. The molecule has 1 rings (SSSR count). The Hall–Kier alpha value is -2.12. The molecule has 0 atom stereocenters.